The molecule has 0 fully saturated rings. The number of carbonyl (C=O) groups excluding carboxylic acids is 1. The summed E-state index contributed by atoms with van der Waals surface area (Å²) in [6.07, 6.45) is 0.578. The summed E-state index contributed by atoms with van der Waals surface area (Å²) in [4.78, 5) is 11.7. The standard InChI is InChI=1S/C17H19FN2O3S/c18-15-6-4-5-14(13-15)9-10-17(21)19-11-12-24(22,23)20-16-7-2-1-3-8-16/h1-8,13,20H,9-12H2,(H,19,21). The smallest absolute Gasteiger partial charge is 0.234 e. The number of aryl methyl sites for hydroxylation is 1. The number of halogens is 1. The summed E-state index contributed by atoms with van der Waals surface area (Å²) < 4.78 is 39.3. The number of anilines is 1. The van der Waals surface area contributed by atoms with Gasteiger partial charge in [0.25, 0.3) is 0 Å². The molecule has 1 amide bonds. The van der Waals surface area contributed by atoms with Crippen LogP contribution in [0.25, 0.3) is 0 Å². The van der Waals surface area contributed by atoms with Crippen molar-refractivity contribution in [1.29, 1.82) is 0 Å². The Kier molecular flexibility index (Phi) is 6.31. The first kappa shape index (κ1) is 17.9. The van der Waals surface area contributed by atoms with Gasteiger partial charge in [0.05, 0.1) is 5.75 Å². The fraction of sp³-hybridized carbons (Fsp3) is 0.235. The van der Waals surface area contributed by atoms with E-state index >= 15 is 0 Å². The second kappa shape index (κ2) is 8.44. The summed E-state index contributed by atoms with van der Waals surface area (Å²) >= 11 is 0. The van der Waals surface area contributed by atoms with Gasteiger partial charge in [0.2, 0.25) is 15.9 Å². The Balaban J connectivity index is 1.72. The van der Waals surface area contributed by atoms with E-state index in [0.717, 1.165) is 5.56 Å². The maximum atomic E-state index is 13.0. The molecule has 24 heavy (non-hydrogen) atoms. The Morgan fingerprint density at radius 2 is 1.79 bits per heavy atom. The van der Waals surface area contributed by atoms with E-state index in [1.54, 1.807) is 42.5 Å². The Morgan fingerprint density at radius 1 is 1.04 bits per heavy atom. The Hall–Kier alpha value is -2.41. The number of sulfonamides is 1. The van der Waals surface area contributed by atoms with Crippen molar-refractivity contribution in [2.24, 2.45) is 0 Å². The lowest BCUT2D eigenvalue weighted by Gasteiger charge is -2.09. The van der Waals surface area contributed by atoms with E-state index in [1.165, 1.54) is 12.1 Å². The van der Waals surface area contributed by atoms with Gasteiger partial charge >= 0.3 is 0 Å². The molecule has 0 atom stereocenters. The zero-order valence-electron chi connectivity index (χ0n) is 13.0. The maximum Gasteiger partial charge on any atom is 0.234 e. The van der Waals surface area contributed by atoms with Crippen molar-refractivity contribution >= 4 is 21.6 Å². The number of hydrogen-bond acceptors (Lipinski definition) is 3. The van der Waals surface area contributed by atoms with E-state index in [-0.39, 0.29) is 30.4 Å². The number of rotatable bonds is 8. The fourth-order valence-electron chi connectivity index (χ4n) is 2.10. The molecule has 128 valence electrons. The molecular formula is C17H19FN2O3S. The fourth-order valence-corrected chi connectivity index (χ4v) is 3.07. The number of nitrogens with one attached hydrogen (secondary N) is 2. The van der Waals surface area contributed by atoms with Gasteiger partial charge in [0.15, 0.2) is 0 Å². The van der Waals surface area contributed by atoms with Gasteiger partial charge in [-0.1, -0.05) is 30.3 Å². The van der Waals surface area contributed by atoms with Gasteiger partial charge in [-0.15, -0.1) is 0 Å². The molecule has 0 saturated heterocycles. The van der Waals surface area contributed by atoms with Gasteiger partial charge in [-0.25, -0.2) is 12.8 Å². The minimum Gasteiger partial charge on any atom is -0.355 e. The molecule has 0 aliphatic rings. The minimum atomic E-state index is -3.52. The summed E-state index contributed by atoms with van der Waals surface area (Å²) in [6.45, 7) is 0.0180. The van der Waals surface area contributed by atoms with Crippen LogP contribution < -0.4 is 10.0 Å². The molecule has 7 heteroatoms. The van der Waals surface area contributed by atoms with E-state index in [2.05, 4.69) is 10.0 Å². The Morgan fingerprint density at radius 3 is 2.50 bits per heavy atom. The summed E-state index contributed by atoms with van der Waals surface area (Å²) in [5, 5.41) is 2.56. The number of carbonyl (C=O) groups is 1. The van der Waals surface area contributed by atoms with Crippen LogP contribution in [0.5, 0.6) is 0 Å². The molecule has 2 N–H and O–H groups in total. The number of amides is 1. The first-order chi connectivity index (χ1) is 11.4. The van der Waals surface area contributed by atoms with Crippen molar-refractivity contribution in [3.63, 3.8) is 0 Å². The van der Waals surface area contributed by atoms with Gasteiger partial charge in [0.1, 0.15) is 5.82 Å². The van der Waals surface area contributed by atoms with E-state index in [9.17, 15) is 17.6 Å². The molecule has 0 unspecified atom stereocenters. The molecule has 0 aliphatic heterocycles. The van der Waals surface area contributed by atoms with Gasteiger partial charge in [-0.05, 0) is 36.2 Å². The van der Waals surface area contributed by atoms with Crippen LogP contribution in [0, 0.1) is 5.82 Å². The van der Waals surface area contributed by atoms with Crippen LogP contribution in [0.3, 0.4) is 0 Å². The van der Waals surface area contributed by atoms with Crippen LogP contribution >= 0.6 is 0 Å². The topological polar surface area (TPSA) is 75.3 Å². The first-order valence-electron chi connectivity index (χ1n) is 7.51. The minimum absolute atomic E-state index is 0.0180. The van der Waals surface area contributed by atoms with Crippen molar-refractivity contribution in [3.8, 4) is 0 Å². The van der Waals surface area contributed by atoms with Crippen molar-refractivity contribution < 1.29 is 17.6 Å². The molecule has 0 aliphatic carbocycles. The van der Waals surface area contributed by atoms with Crippen LogP contribution in [0.15, 0.2) is 54.6 Å². The normalized spacial score (nSPS) is 11.0. The summed E-state index contributed by atoms with van der Waals surface area (Å²) in [5.41, 5.74) is 1.21. The average Bonchev–Trinajstić information content (AvgIpc) is 2.53. The van der Waals surface area contributed by atoms with Crippen LogP contribution in [-0.2, 0) is 21.2 Å². The van der Waals surface area contributed by atoms with Crippen LogP contribution in [0.2, 0.25) is 0 Å². The lowest BCUT2D eigenvalue weighted by molar-refractivity contribution is -0.120. The van der Waals surface area contributed by atoms with Crippen molar-refractivity contribution in [3.05, 3.63) is 66.0 Å². The van der Waals surface area contributed by atoms with Gasteiger partial charge in [-0.3, -0.25) is 9.52 Å². The van der Waals surface area contributed by atoms with Gasteiger partial charge in [-0.2, -0.15) is 0 Å². The highest BCUT2D eigenvalue weighted by Crippen LogP contribution is 2.08. The molecule has 0 radical (unpaired) electrons. The van der Waals surface area contributed by atoms with Crippen molar-refractivity contribution in [2.45, 2.75) is 12.8 Å². The third-order valence-corrected chi connectivity index (χ3v) is 4.56. The predicted octanol–water partition coefficient (Wildman–Crippen LogP) is 2.32. The highest BCUT2D eigenvalue weighted by atomic mass is 32.2. The summed E-state index contributed by atoms with van der Waals surface area (Å²) in [7, 11) is -3.52. The maximum absolute atomic E-state index is 13.0. The molecule has 2 aromatic carbocycles. The third-order valence-electron chi connectivity index (χ3n) is 3.27. The number of para-hydroxylation sites is 1. The molecule has 2 aromatic rings. The van der Waals surface area contributed by atoms with Crippen molar-refractivity contribution in [2.75, 3.05) is 17.0 Å². The van der Waals surface area contributed by atoms with Crippen LogP contribution in [-0.4, -0.2) is 26.6 Å². The largest absolute Gasteiger partial charge is 0.355 e. The molecule has 0 spiro atoms. The van der Waals surface area contributed by atoms with Gasteiger partial charge < -0.3 is 5.32 Å². The van der Waals surface area contributed by atoms with E-state index < -0.39 is 10.0 Å². The molecular weight excluding hydrogens is 331 g/mol. The number of benzene rings is 2. The molecule has 2 rings (SSSR count). The highest BCUT2D eigenvalue weighted by Gasteiger charge is 2.11. The molecule has 5 nitrogen and oxygen atoms in total. The van der Waals surface area contributed by atoms with Crippen molar-refractivity contribution in [1.82, 2.24) is 5.32 Å². The second-order valence-corrected chi connectivity index (χ2v) is 7.11. The summed E-state index contributed by atoms with van der Waals surface area (Å²) in [5.74, 6) is -0.826. The predicted molar refractivity (Wildman–Crippen MR) is 91.6 cm³/mol. The van der Waals surface area contributed by atoms with E-state index in [1.807, 2.05) is 0 Å². The molecule has 0 saturated carbocycles. The highest BCUT2D eigenvalue weighted by molar-refractivity contribution is 7.92. The second-order valence-electron chi connectivity index (χ2n) is 5.27. The Bertz CT molecular complexity index is 779. The Labute approximate surface area is 141 Å². The SMILES string of the molecule is O=C(CCc1cccc(F)c1)NCCS(=O)(=O)Nc1ccccc1. The lowest BCUT2D eigenvalue weighted by atomic mass is 10.1. The monoisotopic (exact) mass is 350 g/mol. The molecule has 0 bridgehead atoms. The van der Waals surface area contributed by atoms with E-state index in [4.69, 9.17) is 0 Å². The number of hydrogen-bond donors (Lipinski definition) is 2. The first-order valence-corrected chi connectivity index (χ1v) is 9.16. The molecule has 0 heterocycles. The van der Waals surface area contributed by atoms with Crippen LogP contribution in [0.4, 0.5) is 10.1 Å². The zero-order chi connectivity index (χ0) is 17.4. The quantitative estimate of drug-likeness (QED) is 0.767. The summed E-state index contributed by atoms with van der Waals surface area (Å²) in [6, 6.07) is 14.6. The van der Waals surface area contributed by atoms with Crippen LogP contribution in [0.1, 0.15) is 12.0 Å². The average molecular weight is 350 g/mol. The van der Waals surface area contributed by atoms with E-state index in [0.29, 0.717) is 12.1 Å². The lowest BCUT2D eigenvalue weighted by Crippen LogP contribution is -2.31. The molecule has 0 aromatic heterocycles. The van der Waals surface area contributed by atoms with Gasteiger partial charge in [0, 0.05) is 18.7 Å². The zero-order valence-corrected chi connectivity index (χ0v) is 13.9. The third kappa shape index (κ3) is 6.37.